The van der Waals surface area contributed by atoms with Gasteiger partial charge in [-0.25, -0.2) is 8.42 Å². The Hall–Kier alpha value is -3.44. The van der Waals surface area contributed by atoms with E-state index >= 15 is 0 Å². The number of benzene rings is 2. The van der Waals surface area contributed by atoms with E-state index < -0.39 is 27.9 Å². The van der Waals surface area contributed by atoms with Gasteiger partial charge >= 0.3 is 5.97 Å². The predicted octanol–water partition coefficient (Wildman–Crippen LogP) is 0.865. The first-order chi connectivity index (χ1) is 15.8. The quantitative estimate of drug-likeness (QED) is 0.302. The van der Waals surface area contributed by atoms with Gasteiger partial charge in [0, 0.05) is 25.1 Å². The van der Waals surface area contributed by atoms with E-state index in [1.807, 2.05) is 12.1 Å². The highest BCUT2D eigenvalue weighted by molar-refractivity contribution is 7.89. The van der Waals surface area contributed by atoms with Gasteiger partial charge in [0.25, 0.3) is 0 Å². The molecule has 1 heterocycles. The number of rotatable bonds is 11. The summed E-state index contributed by atoms with van der Waals surface area (Å²) in [5.41, 5.74) is 1.88. The van der Waals surface area contributed by atoms with Crippen molar-refractivity contribution in [2.75, 3.05) is 19.7 Å². The van der Waals surface area contributed by atoms with Crippen molar-refractivity contribution in [2.24, 2.45) is 0 Å². The third-order valence-electron chi connectivity index (χ3n) is 5.01. The molecule has 1 aliphatic heterocycles. The number of amidine groups is 1. The SMILES string of the molecule is N=C1NCCc2cc(OCCCC(=O)NC[C@H](NS(=O)(=O)c3ccccc3)C(=O)O)ccc21. The summed E-state index contributed by atoms with van der Waals surface area (Å²) >= 11 is 0. The molecule has 2 aromatic rings. The minimum atomic E-state index is -4.03. The highest BCUT2D eigenvalue weighted by Crippen LogP contribution is 2.21. The van der Waals surface area contributed by atoms with Crippen LogP contribution < -0.4 is 20.1 Å². The maximum atomic E-state index is 12.3. The molecule has 3 rings (SSSR count). The third kappa shape index (κ3) is 6.77. The van der Waals surface area contributed by atoms with Crippen LogP contribution in [0.1, 0.15) is 24.0 Å². The van der Waals surface area contributed by atoms with Crippen molar-refractivity contribution in [1.29, 1.82) is 5.41 Å². The summed E-state index contributed by atoms with van der Waals surface area (Å²) < 4.78 is 32.4. The molecule has 33 heavy (non-hydrogen) atoms. The molecular weight excluding hydrogens is 448 g/mol. The number of sulfonamides is 1. The van der Waals surface area contributed by atoms with Gasteiger partial charge < -0.3 is 20.5 Å². The van der Waals surface area contributed by atoms with Crippen molar-refractivity contribution in [1.82, 2.24) is 15.4 Å². The molecule has 0 radical (unpaired) electrons. The minimum absolute atomic E-state index is 0.0602. The molecule has 0 fully saturated rings. The summed E-state index contributed by atoms with van der Waals surface area (Å²) in [4.78, 5) is 23.5. The molecule has 1 amide bonds. The zero-order valence-corrected chi connectivity index (χ0v) is 18.7. The molecule has 5 N–H and O–H groups in total. The van der Waals surface area contributed by atoms with Crippen LogP contribution in [0.15, 0.2) is 53.4 Å². The van der Waals surface area contributed by atoms with Crippen LogP contribution in [0.3, 0.4) is 0 Å². The van der Waals surface area contributed by atoms with Gasteiger partial charge in [-0.1, -0.05) is 18.2 Å². The van der Waals surface area contributed by atoms with Gasteiger partial charge in [0.15, 0.2) is 0 Å². The normalized spacial score (nSPS) is 14.0. The second kappa shape index (κ2) is 10.9. The summed E-state index contributed by atoms with van der Waals surface area (Å²) in [6.07, 6.45) is 1.29. The van der Waals surface area contributed by atoms with Crippen LogP contribution in [0.2, 0.25) is 0 Å². The number of carbonyl (C=O) groups is 2. The largest absolute Gasteiger partial charge is 0.494 e. The number of nitrogens with one attached hydrogen (secondary N) is 4. The number of amides is 1. The Labute approximate surface area is 191 Å². The van der Waals surface area contributed by atoms with Gasteiger partial charge in [0.05, 0.1) is 11.5 Å². The van der Waals surface area contributed by atoms with Crippen LogP contribution in [0, 0.1) is 5.41 Å². The summed E-state index contributed by atoms with van der Waals surface area (Å²) in [6, 6.07) is 11.4. The summed E-state index contributed by atoms with van der Waals surface area (Å²) in [5.74, 6) is -0.752. The first-order valence-corrected chi connectivity index (χ1v) is 11.9. The van der Waals surface area contributed by atoms with E-state index in [2.05, 4.69) is 15.4 Å². The van der Waals surface area contributed by atoms with Crippen molar-refractivity contribution in [3.8, 4) is 5.75 Å². The first-order valence-electron chi connectivity index (χ1n) is 10.4. The lowest BCUT2D eigenvalue weighted by atomic mass is 10.00. The Bertz CT molecular complexity index is 1120. The number of hydrogen-bond acceptors (Lipinski definition) is 6. The number of carboxylic acid groups (broad SMARTS) is 1. The fraction of sp³-hybridized carbons (Fsp3) is 0.318. The monoisotopic (exact) mass is 474 g/mol. The maximum Gasteiger partial charge on any atom is 0.323 e. The third-order valence-corrected chi connectivity index (χ3v) is 6.50. The molecule has 0 unspecified atom stereocenters. The van der Waals surface area contributed by atoms with Crippen LogP contribution in [-0.4, -0.2) is 57.0 Å². The highest BCUT2D eigenvalue weighted by atomic mass is 32.2. The van der Waals surface area contributed by atoms with Gasteiger partial charge in [0.2, 0.25) is 15.9 Å². The van der Waals surface area contributed by atoms with Crippen LogP contribution in [-0.2, 0) is 26.0 Å². The molecule has 0 saturated carbocycles. The molecule has 0 spiro atoms. The van der Waals surface area contributed by atoms with Crippen molar-refractivity contribution in [3.05, 3.63) is 59.7 Å². The molecule has 11 heteroatoms. The first kappa shape index (κ1) is 24.2. The van der Waals surface area contributed by atoms with E-state index in [1.165, 1.54) is 24.3 Å². The molecular formula is C22H26N4O6S. The lowest BCUT2D eigenvalue weighted by molar-refractivity contribution is -0.138. The van der Waals surface area contributed by atoms with E-state index in [0.29, 0.717) is 24.6 Å². The minimum Gasteiger partial charge on any atom is -0.494 e. The molecule has 0 aromatic heterocycles. The highest BCUT2D eigenvalue weighted by Gasteiger charge is 2.25. The van der Waals surface area contributed by atoms with Crippen molar-refractivity contribution in [2.45, 2.75) is 30.2 Å². The summed E-state index contributed by atoms with van der Waals surface area (Å²) in [6.45, 7) is 0.602. The summed E-state index contributed by atoms with van der Waals surface area (Å²) in [7, 11) is -4.03. The zero-order chi connectivity index (χ0) is 23.8. The molecule has 10 nitrogen and oxygen atoms in total. The Kier molecular flexibility index (Phi) is 8.01. The Morgan fingerprint density at radius 3 is 2.67 bits per heavy atom. The van der Waals surface area contributed by atoms with Crippen LogP contribution in [0.5, 0.6) is 5.75 Å². The molecule has 2 aromatic carbocycles. The number of carbonyl (C=O) groups excluding carboxylic acids is 1. The molecule has 0 bridgehead atoms. The van der Waals surface area contributed by atoms with E-state index in [0.717, 1.165) is 17.5 Å². The maximum absolute atomic E-state index is 12.3. The lowest BCUT2D eigenvalue weighted by Crippen LogP contribution is -2.48. The van der Waals surface area contributed by atoms with Crippen molar-refractivity contribution in [3.63, 3.8) is 0 Å². The lowest BCUT2D eigenvalue weighted by Gasteiger charge is -2.19. The molecule has 0 aliphatic carbocycles. The van der Waals surface area contributed by atoms with Gasteiger partial charge in [0.1, 0.15) is 17.6 Å². The predicted molar refractivity (Wildman–Crippen MR) is 121 cm³/mol. The second-order valence-corrected chi connectivity index (χ2v) is 9.17. The van der Waals surface area contributed by atoms with Crippen LogP contribution >= 0.6 is 0 Å². The van der Waals surface area contributed by atoms with Crippen LogP contribution in [0.4, 0.5) is 0 Å². The second-order valence-electron chi connectivity index (χ2n) is 7.45. The fourth-order valence-electron chi connectivity index (χ4n) is 3.29. The van der Waals surface area contributed by atoms with Gasteiger partial charge in [-0.3, -0.25) is 15.0 Å². The molecule has 0 saturated heterocycles. The Morgan fingerprint density at radius 2 is 1.94 bits per heavy atom. The average molecular weight is 475 g/mol. The Balaban J connectivity index is 1.42. The van der Waals surface area contributed by atoms with Gasteiger partial charge in [-0.05, 0) is 48.7 Å². The standard InChI is InChI=1S/C22H26N4O6S/c23-21-18-9-8-16(13-15(18)10-11-24-21)32-12-4-7-20(27)25-14-19(22(28)29)26-33(30,31)17-5-2-1-3-6-17/h1-3,5-6,8-9,13,19,26H,4,7,10-12,14H2,(H2,23,24)(H,25,27)(H,28,29)/t19-/m0/s1. The van der Waals surface area contributed by atoms with Crippen molar-refractivity contribution >= 4 is 27.7 Å². The Morgan fingerprint density at radius 1 is 1.18 bits per heavy atom. The number of ether oxygens (including phenoxy) is 1. The van der Waals surface area contributed by atoms with E-state index in [-0.39, 0.29) is 24.5 Å². The number of hydrogen-bond donors (Lipinski definition) is 5. The van der Waals surface area contributed by atoms with Crippen LogP contribution in [0.25, 0.3) is 0 Å². The number of fused-ring (bicyclic) bond motifs is 1. The van der Waals surface area contributed by atoms with E-state index in [4.69, 9.17) is 10.1 Å². The van der Waals surface area contributed by atoms with E-state index in [9.17, 15) is 23.1 Å². The van der Waals surface area contributed by atoms with Crippen molar-refractivity contribution < 1.29 is 27.9 Å². The smallest absolute Gasteiger partial charge is 0.323 e. The molecule has 176 valence electrons. The zero-order valence-electron chi connectivity index (χ0n) is 17.8. The van der Waals surface area contributed by atoms with Gasteiger partial charge in [-0.15, -0.1) is 0 Å². The molecule has 1 aliphatic rings. The summed E-state index contributed by atoms with van der Waals surface area (Å²) in [5, 5.41) is 22.6. The topological polar surface area (TPSA) is 158 Å². The average Bonchev–Trinajstić information content (AvgIpc) is 2.80. The fourth-order valence-corrected chi connectivity index (χ4v) is 4.50. The molecule has 1 atom stereocenters. The van der Waals surface area contributed by atoms with E-state index in [1.54, 1.807) is 12.1 Å². The number of carboxylic acids is 1. The number of aliphatic carboxylic acids is 1. The van der Waals surface area contributed by atoms with Gasteiger partial charge in [-0.2, -0.15) is 4.72 Å².